The average Bonchev–Trinajstić information content (AvgIpc) is 2.40. The van der Waals surface area contributed by atoms with Crippen LogP contribution in [0, 0.1) is 0 Å². The first-order valence-corrected chi connectivity index (χ1v) is 6.63. The van der Waals surface area contributed by atoms with Crippen LogP contribution >= 0.6 is 11.8 Å². The Labute approximate surface area is 115 Å². The number of thioether (sulfide) groups is 1. The standard InChI is InChI=1S/C15H11NO2S/c17-11-5-3-4-10(8-11)9-14-15(18)16-12-6-1-2-7-13(12)19-14/h1-9,17H,(H,16,18)/b14-9-. The number of rotatable bonds is 1. The lowest BCUT2D eigenvalue weighted by molar-refractivity contribution is -0.112. The number of hydrogen-bond acceptors (Lipinski definition) is 3. The smallest absolute Gasteiger partial charge is 0.262 e. The quantitative estimate of drug-likeness (QED) is 0.779. The van der Waals surface area contributed by atoms with Gasteiger partial charge in [0.05, 0.1) is 10.6 Å². The van der Waals surface area contributed by atoms with E-state index in [-0.39, 0.29) is 11.7 Å². The third-order valence-electron chi connectivity index (χ3n) is 2.75. The van der Waals surface area contributed by atoms with Gasteiger partial charge in [-0.3, -0.25) is 4.79 Å². The number of carbonyl (C=O) groups excluding carboxylic acids is 1. The summed E-state index contributed by atoms with van der Waals surface area (Å²) in [7, 11) is 0. The van der Waals surface area contributed by atoms with Crippen molar-refractivity contribution in [3.05, 3.63) is 59.0 Å². The fourth-order valence-corrected chi connectivity index (χ4v) is 2.82. The summed E-state index contributed by atoms with van der Waals surface area (Å²) < 4.78 is 0. The fraction of sp³-hybridized carbons (Fsp3) is 0. The maximum atomic E-state index is 12.0. The minimum absolute atomic E-state index is 0.118. The summed E-state index contributed by atoms with van der Waals surface area (Å²) in [5.41, 5.74) is 1.64. The van der Waals surface area contributed by atoms with E-state index in [0.29, 0.717) is 4.91 Å². The molecule has 1 amide bonds. The van der Waals surface area contributed by atoms with Crippen LogP contribution in [0.3, 0.4) is 0 Å². The molecule has 0 saturated carbocycles. The summed E-state index contributed by atoms with van der Waals surface area (Å²) >= 11 is 1.43. The van der Waals surface area contributed by atoms with E-state index in [1.807, 2.05) is 30.3 Å². The number of hydrogen-bond donors (Lipinski definition) is 2. The lowest BCUT2D eigenvalue weighted by Crippen LogP contribution is -2.16. The van der Waals surface area contributed by atoms with Gasteiger partial charge in [0, 0.05) is 4.90 Å². The molecule has 0 aliphatic carbocycles. The van der Waals surface area contributed by atoms with Crippen molar-refractivity contribution in [3.8, 4) is 5.75 Å². The second-order valence-corrected chi connectivity index (χ2v) is 5.24. The Morgan fingerprint density at radius 2 is 1.95 bits per heavy atom. The molecule has 94 valence electrons. The van der Waals surface area contributed by atoms with Crippen LogP contribution in [0.2, 0.25) is 0 Å². The second kappa shape index (κ2) is 4.82. The first kappa shape index (κ1) is 11.9. The third kappa shape index (κ3) is 2.48. The van der Waals surface area contributed by atoms with E-state index < -0.39 is 0 Å². The van der Waals surface area contributed by atoms with Gasteiger partial charge < -0.3 is 10.4 Å². The molecule has 0 radical (unpaired) electrons. The molecule has 19 heavy (non-hydrogen) atoms. The molecule has 0 aromatic heterocycles. The third-order valence-corrected chi connectivity index (χ3v) is 3.85. The Morgan fingerprint density at radius 1 is 1.11 bits per heavy atom. The zero-order chi connectivity index (χ0) is 13.2. The molecule has 2 aromatic carbocycles. The summed E-state index contributed by atoms with van der Waals surface area (Å²) in [6.45, 7) is 0. The molecule has 0 bridgehead atoms. The van der Waals surface area contributed by atoms with Crippen LogP contribution in [0.4, 0.5) is 5.69 Å². The lowest BCUT2D eigenvalue weighted by Gasteiger charge is -2.18. The normalized spacial score (nSPS) is 16.0. The van der Waals surface area contributed by atoms with Crippen molar-refractivity contribution in [2.45, 2.75) is 4.90 Å². The minimum atomic E-state index is -0.118. The number of benzene rings is 2. The molecule has 2 aromatic rings. The predicted molar refractivity (Wildman–Crippen MR) is 77.0 cm³/mol. The van der Waals surface area contributed by atoms with Crippen molar-refractivity contribution in [2.24, 2.45) is 0 Å². The fourth-order valence-electron chi connectivity index (χ4n) is 1.87. The van der Waals surface area contributed by atoms with E-state index in [2.05, 4.69) is 5.32 Å². The van der Waals surface area contributed by atoms with Crippen molar-refractivity contribution in [1.29, 1.82) is 0 Å². The van der Waals surface area contributed by atoms with E-state index in [9.17, 15) is 9.90 Å². The highest BCUT2D eigenvalue weighted by atomic mass is 32.2. The molecule has 0 saturated heterocycles. The zero-order valence-corrected chi connectivity index (χ0v) is 10.8. The molecule has 0 unspecified atom stereocenters. The molecule has 3 nitrogen and oxygen atoms in total. The van der Waals surface area contributed by atoms with Crippen molar-refractivity contribution in [1.82, 2.24) is 0 Å². The Kier molecular flexibility index (Phi) is 3.01. The number of fused-ring (bicyclic) bond motifs is 1. The minimum Gasteiger partial charge on any atom is -0.508 e. The van der Waals surface area contributed by atoms with Crippen LogP contribution in [0.1, 0.15) is 5.56 Å². The molecular formula is C15H11NO2S. The Balaban J connectivity index is 1.96. The van der Waals surface area contributed by atoms with Crippen LogP contribution in [0.15, 0.2) is 58.3 Å². The summed E-state index contributed by atoms with van der Waals surface area (Å²) in [5, 5.41) is 12.3. The van der Waals surface area contributed by atoms with Gasteiger partial charge >= 0.3 is 0 Å². The number of anilines is 1. The highest BCUT2D eigenvalue weighted by Crippen LogP contribution is 2.38. The van der Waals surface area contributed by atoms with E-state index >= 15 is 0 Å². The summed E-state index contributed by atoms with van der Waals surface area (Å²) in [6, 6.07) is 14.5. The van der Waals surface area contributed by atoms with Gasteiger partial charge in [-0.25, -0.2) is 0 Å². The zero-order valence-electron chi connectivity index (χ0n) is 9.96. The maximum Gasteiger partial charge on any atom is 0.262 e. The molecule has 3 rings (SSSR count). The van der Waals surface area contributed by atoms with Gasteiger partial charge in [0.25, 0.3) is 5.91 Å². The Hall–Kier alpha value is -2.20. The summed E-state index contributed by atoms with van der Waals surface area (Å²) in [5.74, 6) is 0.0722. The van der Waals surface area contributed by atoms with Gasteiger partial charge in [0.1, 0.15) is 5.75 Å². The van der Waals surface area contributed by atoms with Crippen molar-refractivity contribution in [2.75, 3.05) is 5.32 Å². The molecule has 0 fully saturated rings. The van der Waals surface area contributed by atoms with Crippen LogP contribution < -0.4 is 5.32 Å². The van der Waals surface area contributed by atoms with Crippen LogP contribution in [0.5, 0.6) is 5.75 Å². The first-order chi connectivity index (χ1) is 9.22. The first-order valence-electron chi connectivity index (χ1n) is 5.81. The molecular weight excluding hydrogens is 258 g/mol. The molecule has 1 heterocycles. The Bertz CT molecular complexity index is 679. The van der Waals surface area contributed by atoms with Gasteiger partial charge in [-0.1, -0.05) is 36.0 Å². The van der Waals surface area contributed by atoms with E-state index in [1.165, 1.54) is 11.8 Å². The van der Waals surface area contributed by atoms with Gasteiger partial charge in [0.15, 0.2) is 0 Å². The van der Waals surface area contributed by atoms with Crippen LogP contribution in [-0.4, -0.2) is 11.0 Å². The number of amides is 1. The van der Waals surface area contributed by atoms with E-state index in [1.54, 1.807) is 24.3 Å². The van der Waals surface area contributed by atoms with Crippen molar-refractivity contribution < 1.29 is 9.90 Å². The largest absolute Gasteiger partial charge is 0.508 e. The second-order valence-electron chi connectivity index (χ2n) is 4.16. The summed E-state index contributed by atoms with van der Waals surface area (Å²) in [4.78, 5) is 13.6. The number of nitrogens with one attached hydrogen (secondary N) is 1. The van der Waals surface area contributed by atoms with Crippen LogP contribution in [-0.2, 0) is 4.79 Å². The number of phenolic OH excluding ortho intramolecular Hbond substituents is 1. The number of para-hydroxylation sites is 1. The van der Waals surface area contributed by atoms with E-state index in [0.717, 1.165) is 16.1 Å². The average molecular weight is 269 g/mol. The Morgan fingerprint density at radius 3 is 2.79 bits per heavy atom. The van der Waals surface area contributed by atoms with E-state index in [4.69, 9.17) is 0 Å². The van der Waals surface area contributed by atoms with Gasteiger partial charge in [-0.2, -0.15) is 0 Å². The number of aromatic hydroxyl groups is 1. The topological polar surface area (TPSA) is 49.3 Å². The highest BCUT2D eigenvalue weighted by molar-refractivity contribution is 8.04. The van der Waals surface area contributed by atoms with Crippen molar-refractivity contribution in [3.63, 3.8) is 0 Å². The maximum absolute atomic E-state index is 12.0. The van der Waals surface area contributed by atoms with Crippen molar-refractivity contribution >= 4 is 29.4 Å². The van der Waals surface area contributed by atoms with Gasteiger partial charge in [0.2, 0.25) is 0 Å². The monoisotopic (exact) mass is 269 g/mol. The predicted octanol–water partition coefficient (Wildman–Crippen LogP) is 3.48. The van der Waals surface area contributed by atoms with Gasteiger partial charge in [-0.15, -0.1) is 0 Å². The molecule has 4 heteroatoms. The van der Waals surface area contributed by atoms with Gasteiger partial charge in [-0.05, 0) is 35.9 Å². The molecule has 0 spiro atoms. The summed E-state index contributed by atoms with van der Waals surface area (Å²) in [6.07, 6.45) is 1.77. The molecule has 2 N–H and O–H groups in total. The molecule has 1 aliphatic rings. The molecule has 1 aliphatic heterocycles. The number of carbonyl (C=O) groups is 1. The lowest BCUT2D eigenvalue weighted by atomic mass is 10.2. The number of phenols is 1. The van der Waals surface area contributed by atoms with Crippen LogP contribution in [0.25, 0.3) is 6.08 Å². The SMILES string of the molecule is O=C1Nc2ccccc2S/C1=C\c1cccc(O)c1. The highest BCUT2D eigenvalue weighted by Gasteiger charge is 2.20. The molecule has 0 atom stereocenters.